The van der Waals surface area contributed by atoms with Crippen LogP contribution >= 0.6 is 23.8 Å². The molecule has 1 atom stereocenters. The van der Waals surface area contributed by atoms with Gasteiger partial charge in [-0.05, 0) is 54.5 Å². The highest BCUT2D eigenvalue weighted by Gasteiger charge is 2.07. The molecule has 2 aromatic carbocycles. The Labute approximate surface area is 141 Å². The highest BCUT2D eigenvalue weighted by Crippen LogP contribution is 2.17. The van der Waals surface area contributed by atoms with Gasteiger partial charge in [0.1, 0.15) is 5.75 Å². The van der Waals surface area contributed by atoms with Crippen LogP contribution in [0.2, 0.25) is 5.02 Å². The molecule has 116 valence electrons. The zero-order chi connectivity index (χ0) is 15.9. The van der Waals surface area contributed by atoms with E-state index in [1.165, 1.54) is 0 Å². The van der Waals surface area contributed by atoms with Crippen molar-refractivity contribution in [3.63, 3.8) is 0 Å². The Kier molecular flexibility index (Phi) is 6.04. The van der Waals surface area contributed by atoms with Crippen LogP contribution in [-0.4, -0.2) is 12.2 Å². The summed E-state index contributed by atoms with van der Waals surface area (Å²) in [5, 5.41) is 7.79. The van der Waals surface area contributed by atoms with Crippen LogP contribution in [0.25, 0.3) is 0 Å². The lowest BCUT2D eigenvalue weighted by molar-refractivity contribution is 0.414. The Morgan fingerprint density at radius 3 is 2.59 bits per heavy atom. The first-order chi connectivity index (χ1) is 10.6. The summed E-state index contributed by atoms with van der Waals surface area (Å²) >= 11 is 11.3. The molecule has 0 aliphatic rings. The van der Waals surface area contributed by atoms with Gasteiger partial charge < -0.3 is 15.4 Å². The smallest absolute Gasteiger partial charge is 0.167 e. The van der Waals surface area contributed by atoms with Crippen molar-refractivity contribution in [2.45, 2.75) is 19.5 Å². The molecule has 2 aromatic rings. The number of halogens is 1. The zero-order valence-electron chi connectivity index (χ0n) is 12.6. The second kappa shape index (κ2) is 8.01. The Balaban J connectivity index is 1.84. The fourth-order valence-corrected chi connectivity index (χ4v) is 2.48. The topological polar surface area (TPSA) is 33.3 Å². The van der Waals surface area contributed by atoms with Gasteiger partial charge in [0.25, 0.3) is 0 Å². The van der Waals surface area contributed by atoms with Crippen molar-refractivity contribution in [1.82, 2.24) is 10.6 Å². The van der Waals surface area contributed by atoms with Crippen molar-refractivity contribution >= 4 is 28.9 Å². The minimum absolute atomic E-state index is 0.0922. The molecule has 0 aliphatic heterocycles. The number of benzene rings is 2. The van der Waals surface area contributed by atoms with E-state index >= 15 is 0 Å². The van der Waals surface area contributed by atoms with Crippen LogP contribution in [0.1, 0.15) is 24.1 Å². The van der Waals surface area contributed by atoms with Gasteiger partial charge in [-0.3, -0.25) is 0 Å². The summed E-state index contributed by atoms with van der Waals surface area (Å²) in [5.41, 5.74) is 2.24. The summed E-state index contributed by atoms with van der Waals surface area (Å²) < 4.78 is 5.14. The minimum atomic E-state index is 0.0922. The molecule has 0 spiro atoms. The maximum absolute atomic E-state index is 6.00. The molecule has 0 bridgehead atoms. The van der Waals surface area contributed by atoms with E-state index in [9.17, 15) is 0 Å². The average Bonchev–Trinajstić information content (AvgIpc) is 2.53. The van der Waals surface area contributed by atoms with Crippen LogP contribution in [0, 0.1) is 0 Å². The molecular weight excluding hydrogens is 316 g/mol. The van der Waals surface area contributed by atoms with Crippen LogP contribution < -0.4 is 15.4 Å². The van der Waals surface area contributed by atoms with Gasteiger partial charge in [0.05, 0.1) is 13.2 Å². The molecule has 22 heavy (non-hydrogen) atoms. The van der Waals surface area contributed by atoms with Crippen LogP contribution in [0.15, 0.2) is 48.5 Å². The second-order valence-electron chi connectivity index (χ2n) is 4.95. The first-order valence-corrected chi connectivity index (χ1v) is 7.80. The highest BCUT2D eigenvalue weighted by atomic mass is 35.5. The van der Waals surface area contributed by atoms with E-state index in [2.05, 4.69) is 10.6 Å². The summed E-state index contributed by atoms with van der Waals surface area (Å²) in [6, 6.07) is 15.7. The first kappa shape index (κ1) is 16.6. The molecule has 0 aliphatic carbocycles. The van der Waals surface area contributed by atoms with E-state index < -0.39 is 0 Å². The summed E-state index contributed by atoms with van der Waals surface area (Å²) in [5.74, 6) is 0.846. The standard InChI is InChI=1S/C17H19ClN2OS/c1-12(14-4-3-5-15(18)10-14)20-17(22)19-11-13-6-8-16(21-2)9-7-13/h3-10,12H,11H2,1-2H3,(H2,19,20,22)/t12-/m1/s1. The monoisotopic (exact) mass is 334 g/mol. The van der Waals surface area contributed by atoms with Crippen LogP contribution in [-0.2, 0) is 6.54 Å². The average molecular weight is 335 g/mol. The number of nitrogens with one attached hydrogen (secondary N) is 2. The third-order valence-electron chi connectivity index (χ3n) is 3.31. The number of rotatable bonds is 5. The van der Waals surface area contributed by atoms with Crippen molar-refractivity contribution in [1.29, 1.82) is 0 Å². The molecule has 3 nitrogen and oxygen atoms in total. The second-order valence-corrected chi connectivity index (χ2v) is 5.80. The molecule has 0 radical (unpaired) electrons. The molecule has 0 saturated heterocycles. The van der Waals surface area contributed by atoms with Gasteiger partial charge >= 0.3 is 0 Å². The summed E-state index contributed by atoms with van der Waals surface area (Å²) in [6.45, 7) is 2.71. The number of hydrogen-bond donors (Lipinski definition) is 2. The van der Waals surface area contributed by atoms with Crippen molar-refractivity contribution in [2.24, 2.45) is 0 Å². The van der Waals surface area contributed by atoms with Crippen molar-refractivity contribution in [3.8, 4) is 5.75 Å². The van der Waals surface area contributed by atoms with Crippen molar-refractivity contribution in [2.75, 3.05) is 7.11 Å². The Hall–Kier alpha value is -1.78. The lowest BCUT2D eigenvalue weighted by Crippen LogP contribution is -2.36. The normalized spacial score (nSPS) is 11.6. The summed E-state index contributed by atoms with van der Waals surface area (Å²) in [6.07, 6.45) is 0. The Morgan fingerprint density at radius 2 is 1.95 bits per heavy atom. The molecule has 5 heteroatoms. The van der Waals surface area contributed by atoms with Gasteiger partial charge in [-0.25, -0.2) is 0 Å². The lowest BCUT2D eigenvalue weighted by Gasteiger charge is -2.17. The molecular formula is C17H19ClN2OS. The number of ether oxygens (including phenoxy) is 1. The third-order valence-corrected chi connectivity index (χ3v) is 3.81. The van der Waals surface area contributed by atoms with Crippen LogP contribution in [0.4, 0.5) is 0 Å². The quantitative estimate of drug-likeness (QED) is 0.807. The van der Waals surface area contributed by atoms with Gasteiger partial charge in [0.2, 0.25) is 0 Å². The molecule has 0 fully saturated rings. The predicted octanol–water partition coefficient (Wildman–Crippen LogP) is 4.07. The Morgan fingerprint density at radius 1 is 1.23 bits per heavy atom. The zero-order valence-corrected chi connectivity index (χ0v) is 14.2. The van der Waals surface area contributed by atoms with Crippen molar-refractivity contribution in [3.05, 3.63) is 64.7 Å². The fraction of sp³-hybridized carbons (Fsp3) is 0.235. The maximum atomic E-state index is 6.00. The van der Waals surface area contributed by atoms with E-state index in [0.29, 0.717) is 11.7 Å². The van der Waals surface area contributed by atoms with Gasteiger partial charge in [-0.1, -0.05) is 35.9 Å². The lowest BCUT2D eigenvalue weighted by atomic mass is 10.1. The third kappa shape index (κ3) is 4.90. The van der Waals surface area contributed by atoms with E-state index in [1.807, 2.05) is 55.5 Å². The number of thiocarbonyl (C=S) groups is 1. The Bertz CT molecular complexity index is 631. The number of hydrogen-bond acceptors (Lipinski definition) is 2. The van der Waals surface area contributed by atoms with Crippen LogP contribution in [0.3, 0.4) is 0 Å². The molecule has 2 rings (SSSR count). The molecule has 0 aromatic heterocycles. The van der Waals surface area contributed by atoms with E-state index in [0.717, 1.165) is 21.9 Å². The molecule has 0 amide bonds. The van der Waals surface area contributed by atoms with Gasteiger partial charge in [-0.2, -0.15) is 0 Å². The summed E-state index contributed by atoms with van der Waals surface area (Å²) in [4.78, 5) is 0. The van der Waals surface area contributed by atoms with Crippen LogP contribution in [0.5, 0.6) is 5.75 Å². The van der Waals surface area contributed by atoms with E-state index in [-0.39, 0.29) is 6.04 Å². The van der Waals surface area contributed by atoms with E-state index in [4.69, 9.17) is 28.6 Å². The SMILES string of the molecule is COc1ccc(CNC(=S)N[C@H](C)c2cccc(Cl)c2)cc1. The predicted molar refractivity (Wildman–Crippen MR) is 95.4 cm³/mol. The van der Waals surface area contributed by atoms with Gasteiger partial charge in [-0.15, -0.1) is 0 Å². The fourth-order valence-electron chi connectivity index (χ4n) is 2.03. The molecule has 0 saturated carbocycles. The minimum Gasteiger partial charge on any atom is -0.497 e. The maximum Gasteiger partial charge on any atom is 0.167 e. The van der Waals surface area contributed by atoms with Crippen molar-refractivity contribution < 1.29 is 4.74 Å². The largest absolute Gasteiger partial charge is 0.497 e. The molecule has 0 heterocycles. The molecule has 2 N–H and O–H groups in total. The van der Waals surface area contributed by atoms with E-state index in [1.54, 1.807) is 7.11 Å². The van der Waals surface area contributed by atoms with Gasteiger partial charge in [0.15, 0.2) is 5.11 Å². The molecule has 0 unspecified atom stereocenters. The number of methoxy groups -OCH3 is 1. The first-order valence-electron chi connectivity index (χ1n) is 7.01. The summed E-state index contributed by atoms with van der Waals surface area (Å²) in [7, 11) is 1.66. The van der Waals surface area contributed by atoms with Gasteiger partial charge in [0, 0.05) is 11.6 Å². The highest BCUT2D eigenvalue weighted by molar-refractivity contribution is 7.80.